The second-order valence-corrected chi connectivity index (χ2v) is 9.78. The van der Waals surface area contributed by atoms with Crippen LogP contribution in [-0.2, 0) is 10.3 Å². The number of benzene rings is 1. The highest BCUT2D eigenvalue weighted by Gasteiger charge is 2.53. The van der Waals surface area contributed by atoms with Gasteiger partial charge in [0.1, 0.15) is 0 Å². The number of piperidine rings is 1. The smallest absolute Gasteiger partial charge is 0.234 e. The van der Waals surface area contributed by atoms with E-state index in [4.69, 9.17) is 23.2 Å². The lowest BCUT2D eigenvalue weighted by atomic mass is 9.78. The first-order valence-corrected chi connectivity index (χ1v) is 11.5. The van der Waals surface area contributed by atoms with Crippen molar-refractivity contribution in [2.45, 2.75) is 50.7 Å². The van der Waals surface area contributed by atoms with E-state index in [2.05, 4.69) is 28.1 Å². The van der Waals surface area contributed by atoms with Crippen molar-refractivity contribution >= 4 is 29.1 Å². The van der Waals surface area contributed by atoms with Crippen LogP contribution in [0.4, 0.5) is 0 Å². The van der Waals surface area contributed by atoms with Gasteiger partial charge >= 0.3 is 0 Å². The van der Waals surface area contributed by atoms with Crippen LogP contribution in [0, 0.1) is 5.41 Å². The molecule has 0 bridgehead atoms. The fourth-order valence-corrected chi connectivity index (χ4v) is 5.55. The average molecular weight is 440 g/mol. The summed E-state index contributed by atoms with van der Waals surface area (Å²) in [7, 11) is 0. The van der Waals surface area contributed by atoms with Crippen molar-refractivity contribution in [3.8, 4) is 0 Å². The van der Waals surface area contributed by atoms with Crippen LogP contribution in [0.2, 0.25) is 10.0 Å². The van der Waals surface area contributed by atoms with Gasteiger partial charge in [0.25, 0.3) is 0 Å². The fraction of sp³-hybridized carbons (Fsp3) is 0.682. The van der Waals surface area contributed by atoms with Gasteiger partial charge in [-0.15, -0.1) is 0 Å². The minimum atomic E-state index is -0.272. The van der Waals surface area contributed by atoms with E-state index in [1.54, 1.807) is 0 Å². The Balaban J connectivity index is 1.61. The third-order valence-electron chi connectivity index (χ3n) is 7.48. The van der Waals surface area contributed by atoms with Crippen LogP contribution in [0.5, 0.6) is 0 Å². The van der Waals surface area contributed by atoms with E-state index < -0.39 is 0 Å². The Morgan fingerprint density at radius 3 is 2.66 bits per heavy atom. The molecule has 2 atom stereocenters. The number of halogens is 2. The second kappa shape index (κ2) is 8.35. The molecule has 2 N–H and O–H groups in total. The summed E-state index contributed by atoms with van der Waals surface area (Å²) in [6.45, 7) is 6.74. The van der Waals surface area contributed by atoms with Crippen molar-refractivity contribution in [1.29, 1.82) is 0 Å². The maximum atomic E-state index is 11.8. The Kier molecular flexibility index (Phi) is 6.16. The number of aliphatic hydroxyl groups is 1. The fourth-order valence-electron chi connectivity index (χ4n) is 5.25. The summed E-state index contributed by atoms with van der Waals surface area (Å²) in [5, 5.41) is 14.9. The summed E-state index contributed by atoms with van der Waals surface area (Å²) >= 11 is 12.6. The molecule has 29 heavy (non-hydrogen) atoms. The first-order chi connectivity index (χ1) is 13.9. The molecule has 0 aromatic heterocycles. The zero-order valence-corrected chi connectivity index (χ0v) is 18.6. The second-order valence-electron chi connectivity index (χ2n) is 8.96. The SMILES string of the molecule is CCC(CCN1CCNC(=O)C1)(c1ccc(Cl)c(Cl)c1)N1CCC2(CC2)[C@H](O)C1. The molecule has 1 amide bonds. The molecule has 3 fully saturated rings. The van der Waals surface area contributed by atoms with Gasteiger partial charge < -0.3 is 10.4 Å². The highest BCUT2D eigenvalue weighted by Crippen LogP contribution is 2.55. The van der Waals surface area contributed by atoms with Crippen molar-refractivity contribution < 1.29 is 9.90 Å². The van der Waals surface area contributed by atoms with Gasteiger partial charge in [-0.1, -0.05) is 36.2 Å². The van der Waals surface area contributed by atoms with E-state index in [0.29, 0.717) is 29.7 Å². The number of nitrogens with zero attached hydrogens (tertiary/aromatic N) is 2. The molecule has 1 unspecified atom stereocenters. The van der Waals surface area contributed by atoms with E-state index in [1.807, 2.05) is 12.1 Å². The van der Waals surface area contributed by atoms with Crippen LogP contribution in [-0.4, -0.2) is 66.2 Å². The van der Waals surface area contributed by atoms with Crippen LogP contribution in [0.1, 0.15) is 44.6 Å². The molecule has 1 aromatic carbocycles. The lowest BCUT2D eigenvalue weighted by molar-refractivity contribution is -0.124. The highest BCUT2D eigenvalue weighted by molar-refractivity contribution is 6.42. The molecule has 0 radical (unpaired) electrons. The molecule has 3 aliphatic rings. The lowest BCUT2D eigenvalue weighted by Gasteiger charge is -2.50. The minimum Gasteiger partial charge on any atom is -0.391 e. The number of likely N-dealkylation sites (tertiary alicyclic amines) is 1. The number of hydrogen-bond donors (Lipinski definition) is 2. The van der Waals surface area contributed by atoms with Gasteiger partial charge in [-0.3, -0.25) is 14.6 Å². The molecule has 160 valence electrons. The van der Waals surface area contributed by atoms with E-state index in [-0.39, 0.29) is 23.0 Å². The zero-order valence-electron chi connectivity index (χ0n) is 17.1. The molecule has 1 aromatic rings. The predicted molar refractivity (Wildman–Crippen MR) is 116 cm³/mol. The average Bonchev–Trinajstić information content (AvgIpc) is 3.49. The Morgan fingerprint density at radius 2 is 2.03 bits per heavy atom. The van der Waals surface area contributed by atoms with Crippen LogP contribution in [0.25, 0.3) is 0 Å². The molecule has 2 saturated heterocycles. The van der Waals surface area contributed by atoms with Gasteiger partial charge in [-0.05, 0) is 61.8 Å². The van der Waals surface area contributed by atoms with E-state index >= 15 is 0 Å². The van der Waals surface area contributed by atoms with Crippen LogP contribution >= 0.6 is 23.2 Å². The molecule has 2 heterocycles. The quantitative estimate of drug-likeness (QED) is 0.713. The molecule has 1 aliphatic carbocycles. The number of hydrogen-bond acceptors (Lipinski definition) is 4. The molecule has 2 aliphatic heterocycles. The Morgan fingerprint density at radius 1 is 1.24 bits per heavy atom. The number of carbonyl (C=O) groups excluding carboxylic acids is 1. The number of nitrogens with one attached hydrogen (secondary N) is 1. The predicted octanol–water partition coefficient (Wildman–Crippen LogP) is 3.27. The van der Waals surface area contributed by atoms with Gasteiger partial charge in [0, 0.05) is 31.7 Å². The zero-order chi connectivity index (χ0) is 20.6. The number of carbonyl (C=O) groups is 1. The van der Waals surface area contributed by atoms with Crippen LogP contribution in [0.3, 0.4) is 0 Å². The normalized spacial score (nSPS) is 26.9. The molecule has 7 heteroatoms. The summed E-state index contributed by atoms with van der Waals surface area (Å²) in [4.78, 5) is 16.5. The maximum absolute atomic E-state index is 11.8. The Hall–Kier alpha value is -0.850. The summed E-state index contributed by atoms with van der Waals surface area (Å²) in [5.41, 5.74) is 1.08. The van der Waals surface area contributed by atoms with E-state index in [1.165, 1.54) is 0 Å². The van der Waals surface area contributed by atoms with Crippen molar-refractivity contribution in [2.75, 3.05) is 39.3 Å². The maximum Gasteiger partial charge on any atom is 0.234 e. The number of β-amino-alcohol motifs (C(OH)–C–C–N with tert-alkyl or cyclic N) is 1. The van der Waals surface area contributed by atoms with Crippen LogP contribution in [0.15, 0.2) is 18.2 Å². The number of amides is 1. The largest absolute Gasteiger partial charge is 0.391 e. The molecule has 5 nitrogen and oxygen atoms in total. The molecule has 1 saturated carbocycles. The lowest BCUT2D eigenvalue weighted by Crippen LogP contribution is -2.56. The molecular weight excluding hydrogens is 409 g/mol. The summed E-state index contributed by atoms with van der Waals surface area (Å²) in [6, 6.07) is 5.94. The van der Waals surface area contributed by atoms with Crippen molar-refractivity contribution in [2.24, 2.45) is 5.41 Å². The molecular formula is C22H31Cl2N3O2. The van der Waals surface area contributed by atoms with Gasteiger partial charge in [0.05, 0.1) is 22.7 Å². The van der Waals surface area contributed by atoms with Crippen molar-refractivity contribution in [1.82, 2.24) is 15.1 Å². The molecule has 4 rings (SSSR count). The molecule has 1 spiro atoms. The first kappa shape index (κ1) is 21.4. The van der Waals surface area contributed by atoms with Gasteiger partial charge in [-0.2, -0.15) is 0 Å². The standard InChI is InChI=1S/C22H31Cl2N3O2/c1-2-22(16-3-4-17(23)18(24)13-16,8-10-26-12-9-25-20(29)15-26)27-11-7-21(5-6-21)19(28)14-27/h3-4,13,19,28H,2,5-12,14-15H2,1H3,(H,25,29)/t19-,22?/m1/s1. The summed E-state index contributed by atoms with van der Waals surface area (Å²) in [5.74, 6) is 0.0944. The van der Waals surface area contributed by atoms with Crippen molar-refractivity contribution in [3.05, 3.63) is 33.8 Å². The minimum absolute atomic E-state index is 0.0944. The monoisotopic (exact) mass is 439 g/mol. The number of piperazine rings is 1. The first-order valence-electron chi connectivity index (χ1n) is 10.8. The number of aliphatic hydroxyl groups excluding tert-OH is 1. The van der Waals surface area contributed by atoms with E-state index in [9.17, 15) is 9.90 Å². The third kappa shape index (κ3) is 4.17. The van der Waals surface area contributed by atoms with Gasteiger partial charge in [-0.25, -0.2) is 0 Å². The summed E-state index contributed by atoms with van der Waals surface area (Å²) in [6.07, 6.45) is 4.86. The van der Waals surface area contributed by atoms with Gasteiger partial charge in [0.2, 0.25) is 5.91 Å². The van der Waals surface area contributed by atoms with Gasteiger partial charge in [0.15, 0.2) is 0 Å². The van der Waals surface area contributed by atoms with E-state index in [0.717, 1.165) is 57.3 Å². The van der Waals surface area contributed by atoms with Crippen molar-refractivity contribution in [3.63, 3.8) is 0 Å². The third-order valence-corrected chi connectivity index (χ3v) is 8.22. The topological polar surface area (TPSA) is 55.8 Å². The highest BCUT2D eigenvalue weighted by atomic mass is 35.5. The Labute approximate surface area is 183 Å². The Bertz CT molecular complexity index is 770. The summed E-state index contributed by atoms with van der Waals surface area (Å²) < 4.78 is 0. The van der Waals surface area contributed by atoms with Crippen LogP contribution < -0.4 is 5.32 Å². The number of rotatable bonds is 6.